The molecular formula is C16H19BrO3. The molecule has 20 heavy (non-hydrogen) atoms. The summed E-state index contributed by atoms with van der Waals surface area (Å²) >= 11 is 3.39. The first kappa shape index (κ1) is 15.2. The van der Waals surface area contributed by atoms with Crippen LogP contribution in [-0.2, 0) is 14.3 Å². The van der Waals surface area contributed by atoms with E-state index in [2.05, 4.69) is 15.9 Å². The predicted molar refractivity (Wildman–Crippen MR) is 80.6 cm³/mol. The van der Waals surface area contributed by atoms with Crippen molar-refractivity contribution in [2.24, 2.45) is 5.41 Å². The van der Waals surface area contributed by atoms with E-state index < -0.39 is 22.9 Å². The molecule has 2 rings (SSSR count). The van der Waals surface area contributed by atoms with E-state index in [-0.39, 0.29) is 5.78 Å². The number of Topliss-reactive ketones (excluding diaryl/α,β-unsaturated/α-hetero) is 1. The lowest BCUT2D eigenvalue weighted by Crippen LogP contribution is -2.56. The highest BCUT2D eigenvalue weighted by Gasteiger charge is 2.55. The Morgan fingerprint density at radius 2 is 1.75 bits per heavy atom. The number of esters is 1. The molecular weight excluding hydrogens is 320 g/mol. The van der Waals surface area contributed by atoms with E-state index in [0.29, 0.717) is 0 Å². The van der Waals surface area contributed by atoms with E-state index in [1.807, 2.05) is 39.0 Å². The lowest BCUT2D eigenvalue weighted by Gasteiger charge is -2.45. The Balaban J connectivity index is 2.55. The zero-order valence-corrected chi connectivity index (χ0v) is 14.0. The maximum absolute atomic E-state index is 12.8. The molecule has 4 heteroatoms. The zero-order valence-electron chi connectivity index (χ0n) is 12.4. The van der Waals surface area contributed by atoms with Crippen molar-refractivity contribution in [1.82, 2.24) is 0 Å². The molecule has 0 spiro atoms. The summed E-state index contributed by atoms with van der Waals surface area (Å²) in [5, 5.41) is 0. The van der Waals surface area contributed by atoms with Gasteiger partial charge in [0.15, 0.2) is 5.78 Å². The highest BCUT2D eigenvalue weighted by atomic mass is 79.9. The van der Waals surface area contributed by atoms with Gasteiger partial charge in [-0.25, -0.2) is 0 Å². The molecule has 3 nitrogen and oxygen atoms in total. The number of hydrogen-bond acceptors (Lipinski definition) is 3. The van der Waals surface area contributed by atoms with Crippen LogP contribution in [0, 0.1) is 12.3 Å². The second-order valence-corrected chi connectivity index (χ2v) is 7.27. The number of ether oxygens (including phenoxy) is 1. The maximum Gasteiger partial charge on any atom is 0.321 e. The fourth-order valence-electron chi connectivity index (χ4n) is 2.39. The molecule has 1 unspecified atom stereocenters. The maximum atomic E-state index is 12.8. The normalized spacial score (nSPS) is 24.4. The average Bonchev–Trinajstić information content (AvgIpc) is 2.31. The monoisotopic (exact) mass is 338 g/mol. The van der Waals surface area contributed by atoms with E-state index in [0.717, 1.165) is 15.6 Å². The number of ketones is 1. The highest BCUT2D eigenvalue weighted by molar-refractivity contribution is 9.10. The van der Waals surface area contributed by atoms with Crippen LogP contribution in [0.2, 0.25) is 0 Å². The summed E-state index contributed by atoms with van der Waals surface area (Å²) in [5.41, 5.74) is 0.120. The fourth-order valence-corrected chi connectivity index (χ4v) is 2.77. The van der Waals surface area contributed by atoms with Gasteiger partial charge in [0, 0.05) is 4.47 Å². The van der Waals surface area contributed by atoms with Crippen molar-refractivity contribution in [3.8, 4) is 0 Å². The Kier molecular flexibility index (Phi) is 3.57. The molecule has 0 bridgehead atoms. The molecule has 0 radical (unpaired) electrons. The first-order valence-corrected chi connectivity index (χ1v) is 7.40. The van der Waals surface area contributed by atoms with Crippen LogP contribution in [0.5, 0.6) is 0 Å². The fraction of sp³-hybridized carbons (Fsp3) is 0.500. The Labute approximate surface area is 127 Å². The van der Waals surface area contributed by atoms with Gasteiger partial charge in [-0.15, -0.1) is 0 Å². The Bertz CT molecular complexity index is 587. The van der Waals surface area contributed by atoms with Gasteiger partial charge in [-0.2, -0.15) is 0 Å². The van der Waals surface area contributed by atoms with E-state index >= 15 is 0 Å². The summed E-state index contributed by atoms with van der Waals surface area (Å²) < 4.78 is 6.39. The molecule has 0 N–H and O–H groups in total. The van der Waals surface area contributed by atoms with Crippen molar-refractivity contribution in [2.45, 2.75) is 46.1 Å². The number of aryl methyl sites for hydroxylation is 1. The average molecular weight is 339 g/mol. The second-order valence-electron chi connectivity index (χ2n) is 6.35. The molecule has 1 aliphatic heterocycles. The molecule has 1 heterocycles. The number of halogens is 1. The number of hydrogen-bond donors (Lipinski definition) is 0. The van der Waals surface area contributed by atoms with Crippen LogP contribution >= 0.6 is 15.9 Å². The molecule has 1 aromatic carbocycles. The van der Waals surface area contributed by atoms with Crippen LogP contribution in [0.25, 0.3) is 0 Å². The summed E-state index contributed by atoms with van der Waals surface area (Å²) in [6.45, 7) is 9.14. The van der Waals surface area contributed by atoms with Gasteiger partial charge in [-0.3, -0.25) is 9.59 Å². The van der Waals surface area contributed by atoms with Crippen LogP contribution < -0.4 is 0 Å². The number of carbonyl (C=O) groups excluding carboxylic acids is 2. The minimum Gasteiger partial charge on any atom is -0.458 e. The molecule has 1 atom stereocenters. The minimum atomic E-state index is -0.837. The van der Waals surface area contributed by atoms with Crippen molar-refractivity contribution in [3.63, 3.8) is 0 Å². The summed E-state index contributed by atoms with van der Waals surface area (Å²) in [6, 6.07) is 5.62. The van der Waals surface area contributed by atoms with Gasteiger partial charge >= 0.3 is 5.97 Å². The molecule has 0 aromatic heterocycles. The van der Waals surface area contributed by atoms with Gasteiger partial charge in [0.2, 0.25) is 0 Å². The predicted octanol–water partition coefficient (Wildman–Crippen LogP) is 3.77. The SMILES string of the molecule is Cc1ccc(Br)cc1C1C(=O)OC(C)(C)C(C)(C)C1=O. The number of rotatable bonds is 1. The van der Waals surface area contributed by atoms with E-state index in [1.54, 1.807) is 13.8 Å². The third-order valence-electron chi connectivity index (χ3n) is 4.53. The van der Waals surface area contributed by atoms with E-state index in [9.17, 15) is 9.59 Å². The smallest absolute Gasteiger partial charge is 0.321 e. The van der Waals surface area contributed by atoms with Crippen LogP contribution in [0.15, 0.2) is 22.7 Å². The van der Waals surface area contributed by atoms with Gasteiger partial charge in [-0.05, 0) is 57.9 Å². The standard InChI is InChI=1S/C16H19BrO3/c1-9-6-7-10(17)8-11(9)12-13(18)15(2,3)16(4,5)20-14(12)19/h6-8,12H,1-5H3. The van der Waals surface area contributed by atoms with Crippen molar-refractivity contribution in [3.05, 3.63) is 33.8 Å². The molecule has 1 saturated heterocycles. The Morgan fingerprint density at radius 1 is 1.15 bits per heavy atom. The van der Waals surface area contributed by atoms with Crippen molar-refractivity contribution >= 4 is 27.7 Å². The first-order chi connectivity index (χ1) is 9.08. The lowest BCUT2D eigenvalue weighted by atomic mass is 9.66. The van der Waals surface area contributed by atoms with Gasteiger partial charge in [0.05, 0.1) is 5.41 Å². The van der Waals surface area contributed by atoms with Gasteiger partial charge in [0.1, 0.15) is 11.5 Å². The quantitative estimate of drug-likeness (QED) is 0.578. The van der Waals surface area contributed by atoms with Crippen molar-refractivity contribution in [1.29, 1.82) is 0 Å². The number of benzene rings is 1. The van der Waals surface area contributed by atoms with Crippen LogP contribution in [0.3, 0.4) is 0 Å². The molecule has 0 aliphatic carbocycles. The zero-order chi connectivity index (χ0) is 15.3. The van der Waals surface area contributed by atoms with Gasteiger partial charge in [-0.1, -0.05) is 22.0 Å². The van der Waals surface area contributed by atoms with Crippen LogP contribution in [-0.4, -0.2) is 17.4 Å². The molecule has 0 saturated carbocycles. The first-order valence-electron chi connectivity index (χ1n) is 6.61. The third-order valence-corrected chi connectivity index (χ3v) is 5.02. The highest BCUT2D eigenvalue weighted by Crippen LogP contribution is 2.45. The van der Waals surface area contributed by atoms with E-state index in [1.165, 1.54) is 0 Å². The summed E-state index contributed by atoms with van der Waals surface area (Å²) in [5.74, 6) is -1.38. The number of cyclic esters (lactones) is 1. The van der Waals surface area contributed by atoms with Gasteiger partial charge in [0.25, 0.3) is 0 Å². The lowest BCUT2D eigenvalue weighted by molar-refractivity contribution is -0.187. The molecule has 1 fully saturated rings. The molecule has 108 valence electrons. The summed E-state index contributed by atoms with van der Waals surface area (Å²) in [6.07, 6.45) is 0. The van der Waals surface area contributed by atoms with E-state index in [4.69, 9.17) is 4.74 Å². The second kappa shape index (κ2) is 4.69. The number of carbonyl (C=O) groups is 2. The van der Waals surface area contributed by atoms with Crippen LogP contribution in [0.1, 0.15) is 44.7 Å². The third kappa shape index (κ3) is 2.20. The minimum absolute atomic E-state index is 0.0834. The Morgan fingerprint density at radius 3 is 2.35 bits per heavy atom. The topological polar surface area (TPSA) is 43.4 Å². The Hall–Kier alpha value is -1.16. The summed E-state index contributed by atoms with van der Waals surface area (Å²) in [4.78, 5) is 25.1. The summed E-state index contributed by atoms with van der Waals surface area (Å²) in [7, 11) is 0. The van der Waals surface area contributed by atoms with Crippen molar-refractivity contribution < 1.29 is 14.3 Å². The largest absolute Gasteiger partial charge is 0.458 e. The van der Waals surface area contributed by atoms with Crippen molar-refractivity contribution in [2.75, 3.05) is 0 Å². The van der Waals surface area contributed by atoms with Crippen LogP contribution in [0.4, 0.5) is 0 Å². The van der Waals surface area contributed by atoms with Gasteiger partial charge < -0.3 is 4.74 Å². The molecule has 1 aliphatic rings. The molecule has 1 aromatic rings. The molecule has 0 amide bonds.